The van der Waals surface area contributed by atoms with Crippen LogP contribution in [0.5, 0.6) is 11.5 Å². The molecule has 148 valence electrons. The molecule has 2 N–H and O–H groups in total. The van der Waals surface area contributed by atoms with Gasteiger partial charge in [0.2, 0.25) is 5.91 Å². The van der Waals surface area contributed by atoms with Gasteiger partial charge >= 0.3 is 5.97 Å². The van der Waals surface area contributed by atoms with Crippen LogP contribution in [0.15, 0.2) is 18.2 Å². The molecule has 0 spiro atoms. The summed E-state index contributed by atoms with van der Waals surface area (Å²) >= 11 is 0. The Morgan fingerprint density at radius 1 is 1.04 bits per heavy atom. The molecular weight excluding hydrogens is 346 g/mol. The van der Waals surface area contributed by atoms with Crippen LogP contribution in [-0.2, 0) is 15.0 Å². The number of hydrogen-bond donors (Lipinski definition) is 2. The Bertz CT molecular complexity index is 688. The predicted molar refractivity (Wildman–Crippen MR) is 101 cm³/mol. The lowest BCUT2D eigenvalue weighted by Crippen LogP contribution is -2.48. The molecule has 0 saturated heterocycles. The van der Waals surface area contributed by atoms with E-state index in [1.54, 1.807) is 14.2 Å². The average molecular weight is 375 g/mol. The van der Waals surface area contributed by atoms with Crippen LogP contribution in [0.25, 0.3) is 0 Å². The summed E-state index contributed by atoms with van der Waals surface area (Å²) in [5, 5.41) is 12.4. The first-order valence-corrected chi connectivity index (χ1v) is 9.76. The minimum absolute atomic E-state index is 0.0609. The molecule has 0 aliphatic heterocycles. The van der Waals surface area contributed by atoms with Gasteiger partial charge in [-0.1, -0.05) is 18.9 Å². The summed E-state index contributed by atoms with van der Waals surface area (Å²) in [6.07, 6.45) is 6.39. The fourth-order valence-corrected chi connectivity index (χ4v) is 4.57. The Balaban J connectivity index is 1.77. The standard InChI is InChI=1S/C21H29NO5/c1-26-17-10-7-15(13-18(17)27-2)21(11-3-4-12-21)20(25)22-16-8-5-14(6-9-16)19(23)24/h7,10,13-14,16H,3-6,8-9,11-12H2,1-2H3,(H,22,25)(H,23,24). The van der Waals surface area contributed by atoms with Crippen molar-refractivity contribution in [2.45, 2.75) is 62.8 Å². The molecule has 27 heavy (non-hydrogen) atoms. The lowest BCUT2D eigenvalue weighted by atomic mass is 9.77. The second-order valence-electron chi connectivity index (χ2n) is 7.72. The zero-order valence-electron chi connectivity index (χ0n) is 16.1. The van der Waals surface area contributed by atoms with Crippen molar-refractivity contribution in [3.63, 3.8) is 0 Å². The summed E-state index contributed by atoms with van der Waals surface area (Å²) in [4.78, 5) is 24.4. The van der Waals surface area contributed by atoms with Crippen LogP contribution < -0.4 is 14.8 Å². The molecule has 2 saturated carbocycles. The van der Waals surface area contributed by atoms with Crippen LogP contribution in [-0.4, -0.2) is 37.2 Å². The maximum Gasteiger partial charge on any atom is 0.306 e. The van der Waals surface area contributed by atoms with Crippen LogP contribution in [0.4, 0.5) is 0 Å². The normalized spacial score (nSPS) is 24.2. The van der Waals surface area contributed by atoms with Crippen molar-refractivity contribution < 1.29 is 24.2 Å². The summed E-state index contributed by atoms with van der Waals surface area (Å²) < 4.78 is 10.8. The molecule has 6 heteroatoms. The SMILES string of the molecule is COc1ccc(C2(C(=O)NC3CCC(C(=O)O)CC3)CCCC2)cc1OC. The van der Waals surface area contributed by atoms with Crippen molar-refractivity contribution in [2.75, 3.05) is 14.2 Å². The number of amides is 1. The van der Waals surface area contributed by atoms with Crippen LogP contribution in [0.1, 0.15) is 56.9 Å². The van der Waals surface area contributed by atoms with E-state index < -0.39 is 11.4 Å². The summed E-state index contributed by atoms with van der Waals surface area (Å²) in [5.41, 5.74) is 0.429. The van der Waals surface area contributed by atoms with E-state index in [1.807, 2.05) is 18.2 Å². The monoisotopic (exact) mass is 375 g/mol. The largest absolute Gasteiger partial charge is 0.493 e. The number of carboxylic acid groups (broad SMARTS) is 1. The number of aliphatic carboxylic acids is 1. The highest BCUT2D eigenvalue weighted by Crippen LogP contribution is 2.44. The van der Waals surface area contributed by atoms with E-state index >= 15 is 0 Å². The number of methoxy groups -OCH3 is 2. The van der Waals surface area contributed by atoms with Gasteiger partial charge < -0.3 is 19.9 Å². The predicted octanol–water partition coefficient (Wildman–Crippen LogP) is 3.28. The van der Waals surface area contributed by atoms with Crippen LogP contribution in [0, 0.1) is 5.92 Å². The summed E-state index contributed by atoms with van der Waals surface area (Å²) in [6.45, 7) is 0. The molecule has 1 amide bonds. The first-order valence-electron chi connectivity index (χ1n) is 9.76. The number of nitrogens with one attached hydrogen (secondary N) is 1. The number of carbonyl (C=O) groups excluding carboxylic acids is 1. The maximum absolute atomic E-state index is 13.3. The molecule has 0 atom stereocenters. The van der Waals surface area contributed by atoms with Crippen molar-refractivity contribution in [3.8, 4) is 11.5 Å². The molecule has 2 fully saturated rings. The molecule has 2 aliphatic rings. The van der Waals surface area contributed by atoms with Crippen LogP contribution in [0.3, 0.4) is 0 Å². The Labute approximate surface area is 160 Å². The van der Waals surface area contributed by atoms with E-state index in [1.165, 1.54) is 0 Å². The number of ether oxygens (including phenoxy) is 2. The van der Waals surface area contributed by atoms with Crippen molar-refractivity contribution in [1.29, 1.82) is 0 Å². The van der Waals surface area contributed by atoms with Gasteiger partial charge in [0, 0.05) is 6.04 Å². The average Bonchev–Trinajstić information content (AvgIpc) is 3.19. The molecule has 1 aromatic rings. The molecule has 0 radical (unpaired) electrons. The number of carboxylic acids is 1. The fourth-order valence-electron chi connectivity index (χ4n) is 4.57. The first-order chi connectivity index (χ1) is 13.0. The smallest absolute Gasteiger partial charge is 0.306 e. The molecule has 0 aromatic heterocycles. The summed E-state index contributed by atoms with van der Waals surface area (Å²) in [6, 6.07) is 5.81. The highest BCUT2D eigenvalue weighted by molar-refractivity contribution is 5.89. The highest BCUT2D eigenvalue weighted by atomic mass is 16.5. The van der Waals surface area contributed by atoms with E-state index in [0.717, 1.165) is 44.1 Å². The topological polar surface area (TPSA) is 84.9 Å². The highest BCUT2D eigenvalue weighted by Gasteiger charge is 2.44. The number of benzene rings is 1. The van der Waals surface area contributed by atoms with Crippen LogP contribution >= 0.6 is 0 Å². The second-order valence-corrected chi connectivity index (χ2v) is 7.72. The molecule has 1 aromatic carbocycles. The Kier molecular flexibility index (Phi) is 5.92. The van der Waals surface area contributed by atoms with Gasteiger partial charge in [-0.3, -0.25) is 9.59 Å². The van der Waals surface area contributed by atoms with Gasteiger partial charge in [-0.2, -0.15) is 0 Å². The number of rotatable bonds is 6. The Hall–Kier alpha value is -2.24. The zero-order chi connectivity index (χ0) is 19.4. The summed E-state index contributed by atoms with van der Waals surface area (Å²) in [5.74, 6) is 0.352. The molecule has 0 bridgehead atoms. The lowest BCUT2D eigenvalue weighted by molar-refractivity contribution is -0.142. The molecule has 0 unspecified atom stereocenters. The zero-order valence-corrected chi connectivity index (χ0v) is 16.1. The molecule has 3 rings (SSSR count). The minimum Gasteiger partial charge on any atom is -0.493 e. The third kappa shape index (κ3) is 3.89. The maximum atomic E-state index is 13.3. The molecular formula is C21H29NO5. The third-order valence-corrected chi connectivity index (χ3v) is 6.24. The number of carbonyl (C=O) groups is 2. The molecule has 2 aliphatic carbocycles. The fraction of sp³-hybridized carbons (Fsp3) is 0.619. The van der Waals surface area contributed by atoms with Crippen molar-refractivity contribution >= 4 is 11.9 Å². The van der Waals surface area contributed by atoms with Gasteiger partial charge in [-0.05, 0) is 56.2 Å². The first kappa shape index (κ1) is 19.5. The van der Waals surface area contributed by atoms with E-state index in [4.69, 9.17) is 14.6 Å². The van der Waals surface area contributed by atoms with E-state index in [0.29, 0.717) is 24.3 Å². The lowest BCUT2D eigenvalue weighted by Gasteiger charge is -2.33. The van der Waals surface area contributed by atoms with Gasteiger partial charge in [0.05, 0.1) is 25.6 Å². The Morgan fingerprint density at radius 3 is 2.22 bits per heavy atom. The van der Waals surface area contributed by atoms with Gasteiger partial charge in [0.15, 0.2) is 11.5 Å². The van der Waals surface area contributed by atoms with Crippen molar-refractivity contribution in [2.24, 2.45) is 5.92 Å². The summed E-state index contributed by atoms with van der Waals surface area (Å²) in [7, 11) is 3.20. The van der Waals surface area contributed by atoms with E-state index in [-0.39, 0.29) is 17.9 Å². The second kappa shape index (κ2) is 8.19. The third-order valence-electron chi connectivity index (χ3n) is 6.24. The molecule has 6 nitrogen and oxygen atoms in total. The van der Waals surface area contributed by atoms with Gasteiger partial charge in [0.1, 0.15) is 0 Å². The van der Waals surface area contributed by atoms with Crippen LogP contribution in [0.2, 0.25) is 0 Å². The van der Waals surface area contributed by atoms with Crippen molar-refractivity contribution in [3.05, 3.63) is 23.8 Å². The molecule has 0 heterocycles. The van der Waals surface area contributed by atoms with Crippen molar-refractivity contribution in [1.82, 2.24) is 5.32 Å². The van der Waals surface area contributed by atoms with E-state index in [2.05, 4.69) is 5.32 Å². The van der Waals surface area contributed by atoms with Gasteiger partial charge in [-0.15, -0.1) is 0 Å². The van der Waals surface area contributed by atoms with Gasteiger partial charge in [-0.25, -0.2) is 0 Å². The van der Waals surface area contributed by atoms with Gasteiger partial charge in [0.25, 0.3) is 0 Å². The Morgan fingerprint density at radius 2 is 1.67 bits per heavy atom. The number of hydrogen-bond acceptors (Lipinski definition) is 4. The van der Waals surface area contributed by atoms with E-state index in [9.17, 15) is 9.59 Å². The minimum atomic E-state index is -0.725. The quantitative estimate of drug-likeness (QED) is 0.797.